The Bertz CT molecular complexity index is 1200. The number of aliphatic hydroxyl groups is 1. The van der Waals surface area contributed by atoms with Gasteiger partial charge in [-0.2, -0.15) is 0 Å². The van der Waals surface area contributed by atoms with Crippen LogP contribution < -0.4 is 15.8 Å². The molecule has 1 unspecified atom stereocenters. The van der Waals surface area contributed by atoms with Crippen LogP contribution in [0.2, 0.25) is 0 Å². The normalized spacial score (nSPS) is 20.9. The molecule has 8 heteroatoms. The monoisotopic (exact) mass is 437 g/mol. The lowest BCUT2D eigenvalue weighted by Gasteiger charge is -2.27. The van der Waals surface area contributed by atoms with Crippen LogP contribution in [0.5, 0.6) is 5.75 Å². The van der Waals surface area contributed by atoms with Gasteiger partial charge in [-0.05, 0) is 54.7 Å². The quantitative estimate of drug-likeness (QED) is 0.522. The molecule has 1 amide bonds. The number of benzene rings is 2. The molecular formula is C24H27N3O5. The number of likely N-dealkylation sites (tertiary alicyclic amines) is 1. The van der Waals surface area contributed by atoms with Crippen LogP contribution in [0.4, 0.5) is 0 Å². The van der Waals surface area contributed by atoms with Crippen molar-refractivity contribution in [3.63, 3.8) is 0 Å². The highest BCUT2D eigenvalue weighted by molar-refractivity contribution is 5.92. The Labute approximate surface area is 185 Å². The van der Waals surface area contributed by atoms with Crippen molar-refractivity contribution in [2.24, 2.45) is 0 Å². The van der Waals surface area contributed by atoms with Gasteiger partial charge in [0, 0.05) is 19.6 Å². The number of nitrogens with one attached hydrogen (secondary N) is 2. The summed E-state index contributed by atoms with van der Waals surface area (Å²) in [4.78, 5) is 29.9. The standard InChI is InChI=1S/C24H27N3O5/c1-31-18-4-2-3-15(11-18)20(14-27-10-7-17(28)13-27)25-22(29)24(8-9-24)16-5-6-21-19(12-16)26-23(30)32-21/h2-6,11-12,17,20,28H,7-10,13-14H2,1H3,(H,25,29)(H,26,30)/t17?,20-/m1/s1. The number of hydrogen-bond donors (Lipinski definition) is 3. The van der Waals surface area contributed by atoms with Crippen LogP contribution in [0.25, 0.3) is 11.1 Å². The molecule has 1 aliphatic heterocycles. The van der Waals surface area contributed by atoms with E-state index in [1.807, 2.05) is 36.4 Å². The van der Waals surface area contributed by atoms with E-state index in [1.165, 1.54) is 0 Å². The van der Waals surface area contributed by atoms with Gasteiger partial charge >= 0.3 is 5.76 Å². The van der Waals surface area contributed by atoms with Gasteiger partial charge < -0.3 is 19.6 Å². The Morgan fingerprint density at radius 1 is 1.34 bits per heavy atom. The van der Waals surface area contributed by atoms with Crippen LogP contribution in [0.15, 0.2) is 51.7 Å². The highest BCUT2D eigenvalue weighted by Crippen LogP contribution is 2.49. The summed E-state index contributed by atoms with van der Waals surface area (Å²) in [6.45, 7) is 2.01. The van der Waals surface area contributed by atoms with Crippen molar-refractivity contribution in [3.8, 4) is 5.75 Å². The Morgan fingerprint density at radius 2 is 2.19 bits per heavy atom. The van der Waals surface area contributed by atoms with E-state index in [0.717, 1.165) is 42.7 Å². The smallest absolute Gasteiger partial charge is 0.417 e. The second kappa shape index (κ2) is 8.11. The summed E-state index contributed by atoms with van der Waals surface area (Å²) in [5.74, 6) is 0.200. The number of β-amino-alcohol motifs (C(OH)–C–C–N with tert-alkyl or cyclic N) is 1. The minimum Gasteiger partial charge on any atom is -0.497 e. The molecule has 2 aliphatic rings. The largest absolute Gasteiger partial charge is 0.497 e. The molecule has 3 N–H and O–H groups in total. The number of carbonyl (C=O) groups excluding carboxylic acids is 1. The van der Waals surface area contributed by atoms with E-state index in [1.54, 1.807) is 13.2 Å². The number of nitrogens with zero attached hydrogens (tertiary/aromatic N) is 1. The summed E-state index contributed by atoms with van der Waals surface area (Å²) < 4.78 is 10.5. The second-order valence-corrected chi connectivity index (χ2v) is 8.81. The number of H-pyrrole nitrogens is 1. The third kappa shape index (κ3) is 3.91. The fourth-order valence-corrected chi connectivity index (χ4v) is 4.65. The topological polar surface area (TPSA) is 108 Å². The Balaban J connectivity index is 1.41. The molecule has 2 atom stereocenters. The zero-order valence-electron chi connectivity index (χ0n) is 18.0. The lowest BCUT2D eigenvalue weighted by Crippen LogP contribution is -2.42. The van der Waals surface area contributed by atoms with Crippen molar-refractivity contribution >= 4 is 17.0 Å². The first kappa shape index (κ1) is 20.8. The lowest BCUT2D eigenvalue weighted by atomic mass is 9.93. The van der Waals surface area contributed by atoms with Crippen LogP contribution >= 0.6 is 0 Å². The molecule has 8 nitrogen and oxygen atoms in total. The number of ether oxygens (including phenoxy) is 1. The third-order valence-electron chi connectivity index (χ3n) is 6.65. The number of oxazole rings is 1. The van der Waals surface area contributed by atoms with Gasteiger partial charge in [-0.1, -0.05) is 18.2 Å². The van der Waals surface area contributed by atoms with E-state index >= 15 is 0 Å². The molecular weight excluding hydrogens is 410 g/mol. The average molecular weight is 437 g/mol. The number of aromatic amines is 1. The van der Waals surface area contributed by atoms with Crippen molar-refractivity contribution in [1.29, 1.82) is 0 Å². The molecule has 1 aliphatic carbocycles. The fraction of sp³-hybridized carbons (Fsp3) is 0.417. The maximum atomic E-state index is 13.5. The van der Waals surface area contributed by atoms with Gasteiger partial charge in [0.15, 0.2) is 5.58 Å². The summed E-state index contributed by atoms with van der Waals surface area (Å²) >= 11 is 0. The van der Waals surface area contributed by atoms with Gasteiger partial charge in [-0.3, -0.25) is 14.7 Å². The molecule has 2 aromatic carbocycles. The van der Waals surface area contributed by atoms with Crippen LogP contribution in [0, 0.1) is 0 Å². The fourth-order valence-electron chi connectivity index (χ4n) is 4.65. The number of carbonyl (C=O) groups is 1. The molecule has 32 heavy (non-hydrogen) atoms. The number of aromatic nitrogens is 1. The van der Waals surface area contributed by atoms with Gasteiger partial charge in [0.2, 0.25) is 5.91 Å². The van der Waals surface area contributed by atoms with E-state index in [-0.39, 0.29) is 18.1 Å². The lowest BCUT2D eigenvalue weighted by molar-refractivity contribution is -0.124. The number of aliphatic hydroxyl groups excluding tert-OH is 1. The average Bonchev–Trinajstić information content (AvgIpc) is 3.38. The van der Waals surface area contributed by atoms with Crippen LogP contribution in [-0.2, 0) is 10.2 Å². The number of fused-ring (bicyclic) bond motifs is 1. The molecule has 1 aromatic heterocycles. The van der Waals surface area contributed by atoms with E-state index in [0.29, 0.717) is 24.2 Å². The maximum Gasteiger partial charge on any atom is 0.417 e. The van der Waals surface area contributed by atoms with Gasteiger partial charge in [-0.15, -0.1) is 0 Å². The molecule has 2 heterocycles. The van der Waals surface area contributed by atoms with E-state index in [2.05, 4.69) is 15.2 Å². The summed E-state index contributed by atoms with van der Waals surface area (Å²) in [5, 5.41) is 13.2. The van der Waals surface area contributed by atoms with Crippen molar-refractivity contribution in [2.75, 3.05) is 26.7 Å². The predicted molar refractivity (Wildman–Crippen MR) is 119 cm³/mol. The number of hydrogen-bond acceptors (Lipinski definition) is 6. The molecule has 5 rings (SSSR count). The van der Waals surface area contributed by atoms with E-state index < -0.39 is 11.2 Å². The molecule has 1 saturated heterocycles. The molecule has 0 bridgehead atoms. The summed E-state index contributed by atoms with van der Waals surface area (Å²) in [5.41, 5.74) is 2.31. The number of methoxy groups -OCH3 is 1. The number of rotatable bonds is 7. The molecule has 0 radical (unpaired) electrons. The van der Waals surface area contributed by atoms with Gasteiger partial charge in [0.25, 0.3) is 0 Å². The third-order valence-corrected chi connectivity index (χ3v) is 6.65. The first-order valence-electron chi connectivity index (χ1n) is 11.0. The summed E-state index contributed by atoms with van der Waals surface area (Å²) in [7, 11) is 1.62. The second-order valence-electron chi connectivity index (χ2n) is 8.81. The van der Waals surface area contributed by atoms with Crippen molar-refractivity contribution < 1.29 is 19.1 Å². The maximum absolute atomic E-state index is 13.5. The van der Waals surface area contributed by atoms with Crippen LogP contribution in [-0.4, -0.2) is 53.7 Å². The summed E-state index contributed by atoms with van der Waals surface area (Å²) in [6, 6.07) is 12.9. The Hall–Kier alpha value is -3.10. The van der Waals surface area contributed by atoms with Crippen LogP contribution in [0.3, 0.4) is 0 Å². The zero-order chi connectivity index (χ0) is 22.3. The zero-order valence-corrected chi connectivity index (χ0v) is 18.0. The molecule has 3 aromatic rings. The molecule has 168 valence electrons. The highest BCUT2D eigenvalue weighted by atomic mass is 16.5. The van der Waals surface area contributed by atoms with Gasteiger partial charge in [0.1, 0.15) is 5.75 Å². The predicted octanol–water partition coefficient (Wildman–Crippen LogP) is 2.09. The van der Waals surface area contributed by atoms with E-state index in [9.17, 15) is 14.7 Å². The van der Waals surface area contributed by atoms with Gasteiger partial charge in [0.05, 0.1) is 30.2 Å². The van der Waals surface area contributed by atoms with Crippen molar-refractivity contribution in [3.05, 3.63) is 64.1 Å². The molecule has 1 saturated carbocycles. The summed E-state index contributed by atoms with van der Waals surface area (Å²) in [6.07, 6.45) is 1.92. The minimum absolute atomic E-state index is 0.0322. The molecule has 2 fully saturated rings. The molecule has 0 spiro atoms. The van der Waals surface area contributed by atoms with E-state index in [4.69, 9.17) is 9.15 Å². The van der Waals surface area contributed by atoms with Crippen molar-refractivity contribution in [1.82, 2.24) is 15.2 Å². The van der Waals surface area contributed by atoms with Gasteiger partial charge in [-0.25, -0.2) is 4.79 Å². The SMILES string of the molecule is COc1cccc([C@@H](CN2CCC(O)C2)NC(=O)C2(c3ccc4oc(=O)[nH]c4c3)CC2)c1. The van der Waals surface area contributed by atoms with Crippen LogP contribution in [0.1, 0.15) is 36.4 Å². The Morgan fingerprint density at radius 3 is 2.91 bits per heavy atom. The number of amides is 1. The first-order chi connectivity index (χ1) is 15.5. The minimum atomic E-state index is -0.607. The van der Waals surface area contributed by atoms with Crippen molar-refractivity contribution in [2.45, 2.75) is 36.8 Å². The Kier molecular flexibility index (Phi) is 5.27. The first-order valence-corrected chi connectivity index (χ1v) is 11.0. The highest BCUT2D eigenvalue weighted by Gasteiger charge is 2.52.